The highest BCUT2D eigenvalue weighted by Gasteiger charge is 2.26. The summed E-state index contributed by atoms with van der Waals surface area (Å²) in [4.78, 5) is 36.9. The molecule has 0 aromatic heterocycles. The van der Waals surface area contributed by atoms with Crippen LogP contribution in [0.3, 0.4) is 0 Å². The Labute approximate surface area is 160 Å². The van der Waals surface area contributed by atoms with Crippen LogP contribution in [0.5, 0.6) is 0 Å². The second kappa shape index (κ2) is 8.59. The Morgan fingerprint density at radius 3 is 2.74 bits per heavy atom. The van der Waals surface area contributed by atoms with Crippen molar-refractivity contribution < 1.29 is 23.9 Å². The van der Waals surface area contributed by atoms with Gasteiger partial charge in [0.25, 0.3) is 0 Å². The first-order valence-electron chi connectivity index (χ1n) is 8.20. The first kappa shape index (κ1) is 18.8. The lowest BCUT2D eigenvalue weighted by atomic mass is 10.2. The number of hydrogen-bond acceptors (Lipinski definition) is 6. The molecular weight excluding hydrogens is 368 g/mol. The van der Waals surface area contributed by atoms with E-state index in [0.29, 0.717) is 17.0 Å². The van der Waals surface area contributed by atoms with Crippen molar-refractivity contribution in [3.05, 3.63) is 59.7 Å². The van der Waals surface area contributed by atoms with Gasteiger partial charge in [0.2, 0.25) is 5.91 Å². The summed E-state index contributed by atoms with van der Waals surface area (Å²) in [5.74, 6) is -0.517. The topological polar surface area (TPSA) is 93.7 Å². The Bertz CT molecular complexity index is 856. The summed E-state index contributed by atoms with van der Waals surface area (Å²) in [5.41, 5.74) is 1.70. The summed E-state index contributed by atoms with van der Waals surface area (Å²) in [7, 11) is 1.29. The molecule has 2 amide bonds. The number of nitrogens with one attached hydrogen (secondary N) is 2. The highest BCUT2D eigenvalue weighted by Crippen LogP contribution is 2.31. The van der Waals surface area contributed by atoms with Crippen LogP contribution in [0, 0.1) is 0 Å². The maximum Gasteiger partial charge on any atom is 0.408 e. The van der Waals surface area contributed by atoms with Crippen molar-refractivity contribution in [1.82, 2.24) is 5.32 Å². The Morgan fingerprint density at radius 2 is 2.00 bits per heavy atom. The summed E-state index contributed by atoms with van der Waals surface area (Å²) in [6.07, 6.45) is -0.666. The third-order valence-corrected chi connectivity index (χ3v) is 5.05. The molecule has 0 aliphatic carbocycles. The van der Waals surface area contributed by atoms with Crippen LogP contribution in [0.4, 0.5) is 10.5 Å². The predicted octanol–water partition coefficient (Wildman–Crippen LogP) is 2.81. The van der Waals surface area contributed by atoms with E-state index >= 15 is 0 Å². The molecule has 0 unspecified atom stereocenters. The minimum Gasteiger partial charge on any atom is -0.465 e. The quantitative estimate of drug-likeness (QED) is 0.785. The maximum absolute atomic E-state index is 12.4. The molecule has 0 radical (unpaired) electrons. The van der Waals surface area contributed by atoms with Crippen LogP contribution in [-0.2, 0) is 20.9 Å². The minimum absolute atomic E-state index is 0.122. The molecule has 2 N–H and O–H groups in total. The zero-order chi connectivity index (χ0) is 19.2. The second-order valence-corrected chi connectivity index (χ2v) is 6.82. The predicted molar refractivity (Wildman–Crippen MR) is 101 cm³/mol. The fourth-order valence-corrected chi connectivity index (χ4v) is 3.49. The fourth-order valence-electron chi connectivity index (χ4n) is 2.48. The number of hydrogen-bond donors (Lipinski definition) is 2. The van der Waals surface area contributed by atoms with Crippen molar-refractivity contribution in [1.29, 1.82) is 0 Å². The number of amides is 2. The zero-order valence-corrected chi connectivity index (χ0v) is 15.4. The van der Waals surface area contributed by atoms with Crippen LogP contribution < -0.4 is 10.6 Å². The van der Waals surface area contributed by atoms with Gasteiger partial charge in [0.1, 0.15) is 12.6 Å². The van der Waals surface area contributed by atoms with E-state index in [-0.39, 0.29) is 12.5 Å². The van der Waals surface area contributed by atoms with Crippen molar-refractivity contribution in [2.75, 3.05) is 18.2 Å². The number of anilines is 1. The van der Waals surface area contributed by atoms with Gasteiger partial charge in [0.15, 0.2) is 0 Å². The number of esters is 1. The van der Waals surface area contributed by atoms with Gasteiger partial charge in [-0.3, -0.25) is 4.79 Å². The van der Waals surface area contributed by atoms with E-state index in [4.69, 9.17) is 9.47 Å². The molecule has 0 fully saturated rings. The molecule has 140 valence electrons. The summed E-state index contributed by atoms with van der Waals surface area (Å²) in [5, 5.41) is 5.31. The summed E-state index contributed by atoms with van der Waals surface area (Å²) >= 11 is 1.40. The monoisotopic (exact) mass is 386 g/mol. The molecule has 2 aromatic carbocycles. The van der Waals surface area contributed by atoms with Crippen molar-refractivity contribution in [3.8, 4) is 0 Å². The highest BCUT2D eigenvalue weighted by atomic mass is 32.2. The van der Waals surface area contributed by atoms with E-state index in [2.05, 4.69) is 10.6 Å². The first-order valence-corrected chi connectivity index (χ1v) is 9.18. The number of carbonyl (C=O) groups is 3. The van der Waals surface area contributed by atoms with Crippen LogP contribution >= 0.6 is 11.8 Å². The van der Waals surface area contributed by atoms with E-state index in [1.807, 2.05) is 30.3 Å². The Morgan fingerprint density at radius 1 is 1.22 bits per heavy atom. The molecule has 2 aromatic rings. The lowest BCUT2D eigenvalue weighted by Crippen LogP contribution is -2.45. The SMILES string of the molecule is COC(=O)c1ccc2c(c1)NC(=O)[C@@H](NC(=O)OCc1ccccc1)CS2. The summed E-state index contributed by atoms with van der Waals surface area (Å²) in [6.45, 7) is 0.122. The minimum atomic E-state index is -0.757. The molecule has 1 aliphatic rings. The maximum atomic E-state index is 12.4. The van der Waals surface area contributed by atoms with Crippen molar-refractivity contribution in [2.45, 2.75) is 17.5 Å². The number of rotatable bonds is 4. The number of methoxy groups -OCH3 is 1. The van der Waals surface area contributed by atoms with Crippen LogP contribution in [0.25, 0.3) is 0 Å². The van der Waals surface area contributed by atoms with Crippen molar-refractivity contribution in [2.24, 2.45) is 0 Å². The zero-order valence-electron chi connectivity index (χ0n) is 14.6. The molecule has 0 saturated heterocycles. The van der Waals surface area contributed by atoms with E-state index in [1.165, 1.54) is 18.9 Å². The molecule has 7 nitrogen and oxygen atoms in total. The third kappa shape index (κ3) is 4.79. The van der Waals surface area contributed by atoms with Gasteiger partial charge in [-0.15, -0.1) is 11.8 Å². The van der Waals surface area contributed by atoms with Gasteiger partial charge in [-0.2, -0.15) is 0 Å². The van der Waals surface area contributed by atoms with Crippen LogP contribution in [0.15, 0.2) is 53.4 Å². The molecule has 3 rings (SSSR count). The van der Waals surface area contributed by atoms with E-state index < -0.39 is 18.1 Å². The van der Waals surface area contributed by atoms with E-state index in [1.54, 1.807) is 18.2 Å². The van der Waals surface area contributed by atoms with Gasteiger partial charge in [-0.05, 0) is 23.8 Å². The van der Waals surface area contributed by atoms with Crippen LogP contribution in [-0.4, -0.2) is 36.9 Å². The molecule has 0 spiro atoms. The Kier molecular flexibility index (Phi) is 5.97. The highest BCUT2D eigenvalue weighted by molar-refractivity contribution is 7.99. The number of ether oxygens (including phenoxy) is 2. The largest absolute Gasteiger partial charge is 0.465 e. The van der Waals surface area contributed by atoms with E-state index in [9.17, 15) is 14.4 Å². The van der Waals surface area contributed by atoms with Gasteiger partial charge in [0.05, 0.1) is 18.4 Å². The molecule has 8 heteroatoms. The Balaban J connectivity index is 1.61. The number of fused-ring (bicyclic) bond motifs is 1. The first-order chi connectivity index (χ1) is 13.1. The number of benzene rings is 2. The Hall–Kier alpha value is -3.00. The number of alkyl carbamates (subject to hydrolysis) is 1. The fraction of sp³-hybridized carbons (Fsp3) is 0.211. The van der Waals surface area contributed by atoms with Crippen LogP contribution in [0.1, 0.15) is 15.9 Å². The third-order valence-electron chi connectivity index (χ3n) is 3.89. The van der Waals surface area contributed by atoms with E-state index in [0.717, 1.165) is 10.5 Å². The summed E-state index contributed by atoms with van der Waals surface area (Å²) in [6, 6.07) is 13.4. The van der Waals surface area contributed by atoms with Gasteiger partial charge in [-0.25, -0.2) is 9.59 Å². The van der Waals surface area contributed by atoms with Gasteiger partial charge in [-0.1, -0.05) is 30.3 Å². The van der Waals surface area contributed by atoms with Gasteiger partial charge < -0.3 is 20.1 Å². The van der Waals surface area contributed by atoms with Crippen molar-refractivity contribution >= 4 is 35.4 Å². The second-order valence-electron chi connectivity index (χ2n) is 5.76. The van der Waals surface area contributed by atoms with Gasteiger partial charge >= 0.3 is 12.1 Å². The van der Waals surface area contributed by atoms with Gasteiger partial charge in [0, 0.05) is 10.6 Å². The molecule has 1 atom stereocenters. The lowest BCUT2D eigenvalue weighted by molar-refractivity contribution is -0.117. The average Bonchev–Trinajstić information content (AvgIpc) is 2.84. The summed E-state index contributed by atoms with van der Waals surface area (Å²) < 4.78 is 9.85. The number of carbonyl (C=O) groups excluding carboxylic acids is 3. The normalized spacial score (nSPS) is 15.7. The standard InChI is InChI=1S/C19H18N2O5S/c1-25-18(23)13-7-8-16-14(9-13)20-17(22)15(11-27-16)21-19(24)26-10-12-5-3-2-4-6-12/h2-9,15H,10-11H2,1H3,(H,20,22)(H,21,24)/t15-/m0/s1. The molecule has 1 heterocycles. The van der Waals surface area contributed by atoms with Crippen LogP contribution in [0.2, 0.25) is 0 Å². The average molecular weight is 386 g/mol. The molecular formula is C19H18N2O5S. The molecule has 0 bridgehead atoms. The molecule has 27 heavy (non-hydrogen) atoms. The lowest BCUT2D eigenvalue weighted by Gasteiger charge is -2.15. The number of thioether (sulfide) groups is 1. The molecule has 1 aliphatic heterocycles. The smallest absolute Gasteiger partial charge is 0.408 e. The van der Waals surface area contributed by atoms with Crippen molar-refractivity contribution in [3.63, 3.8) is 0 Å². The molecule has 0 saturated carbocycles.